The van der Waals surface area contributed by atoms with Gasteiger partial charge in [0.05, 0.1) is 13.1 Å². The topological polar surface area (TPSA) is 45.6 Å². The molecule has 0 atom stereocenters. The Hall–Kier alpha value is -2.56. The molecule has 2 amide bonds. The summed E-state index contributed by atoms with van der Waals surface area (Å²) in [6.45, 7) is 10.5. The molecule has 1 fully saturated rings. The number of benzene rings is 1. The highest BCUT2D eigenvalue weighted by atomic mass is 16.2. The van der Waals surface area contributed by atoms with Crippen molar-refractivity contribution in [2.24, 2.45) is 5.92 Å². The maximum Gasteiger partial charge on any atom is 0.242 e. The van der Waals surface area contributed by atoms with E-state index in [1.807, 2.05) is 24.8 Å². The van der Waals surface area contributed by atoms with E-state index in [-0.39, 0.29) is 30.3 Å². The maximum atomic E-state index is 13.3. The molecule has 1 heterocycles. The normalized spacial score (nSPS) is 13.5. The Labute approximate surface area is 187 Å². The standard InChI is InChI=1S/C26H37N3O2/c1-5-6-14-28(25(30)19-29(20(2)3)26(31)23-12-13-23)18-24-11-8-15-27(24)17-22-10-7-9-21(4)16-22/h7-11,15-16,20,23H,5-6,12-14,17-19H2,1-4H3. The second kappa shape index (κ2) is 10.7. The fourth-order valence-electron chi connectivity index (χ4n) is 3.92. The maximum absolute atomic E-state index is 13.3. The van der Waals surface area contributed by atoms with Crippen LogP contribution in [-0.4, -0.2) is 45.3 Å². The highest BCUT2D eigenvalue weighted by Crippen LogP contribution is 2.31. The number of aromatic nitrogens is 1. The Morgan fingerprint density at radius 3 is 2.58 bits per heavy atom. The Kier molecular flexibility index (Phi) is 7.94. The molecule has 168 valence electrons. The molecule has 31 heavy (non-hydrogen) atoms. The molecule has 1 aromatic heterocycles. The van der Waals surface area contributed by atoms with E-state index in [0.29, 0.717) is 13.1 Å². The zero-order valence-corrected chi connectivity index (χ0v) is 19.5. The average molecular weight is 424 g/mol. The van der Waals surface area contributed by atoms with Gasteiger partial charge in [-0.25, -0.2) is 0 Å². The van der Waals surface area contributed by atoms with Crippen molar-refractivity contribution in [2.75, 3.05) is 13.1 Å². The van der Waals surface area contributed by atoms with Gasteiger partial charge in [-0.1, -0.05) is 43.2 Å². The minimum absolute atomic E-state index is 0.0373. The third-order valence-corrected chi connectivity index (χ3v) is 5.98. The summed E-state index contributed by atoms with van der Waals surface area (Å²) in [5.41, 5.74) is 3.63. The summed E-state index contributed by atoms with van der Waals surface area (Å²) < 4.78 is 2.22. The average Bonchev–Trinajstić information content (AvgIpc) is 3.50. The van der Waals surface area contributed by atoms with Crippen LogP contribution in [0.2, 0.25) is 0 Å². The number of hydrogen-bond donors (Lipinski definition) is 0. The van der Waals surface area contributed by atoms with Crippen molar-refractivity contribution in [1.29, 1.82) is 0 Å². The fourth-order valence-corrected chi connectivity index (χ4v) is 3.92. The summed E-state index contributed by atoms with van der Waals surface area (Å²) >= 11 is 0. The van der Waals surface area contributed by atoms with E-state index in [4.69, 9.17) is 0 Å². The Bertz CT molecular complexity index is 882. The summed E-state index contributed by atoms with van der Waals surface area (Å²) in [6, 6.07) is 12.7. The molecule has 3 rings (SSSR count). The second-order valence-corrected chi connectivity index (χ2v) is 9.12. The number of unbranched alkanes of at least 4 members (excludes halogenated alkanes) is 1. The van der Waals surface area contributed by atoms with Crippen molar-refractivity contribution in [1.82, 2.24) is 14.4 Å². The van der Waals surface area contributed by atoms with Crippen molar-refractivity contribution in [3.8, 4) is 0 Å². The Morgan fingerprint density at radius 1 is 1.16 bits per heavy atom. The van der Waals surface area contributed by atoms with Gasteiger partial charge in [-0.05, 0) is 57.7 Å². The van der Waals surface area contributed by atoms with Gasteiger partial charge in [0, 0.05) is 36.9 Å². The van der Waals surface area contributed by atoms with E-state index in [2.05, 4.69) is 54.9 Å². The van der Waals surface area contributed by atoms with Crippen LogP contribution in [0, 0.1) is 12.8 Å². The molecular formula is C26H37N3O2. The molecule has 1 aliphatic rings. The largest absolute Gasteiger partial charge is 0.345 e. The van der Waals surface area contributed by atoms with Crippen molar-refractivity contribution in [3.05, 3.63) is 59.4 Å². The number of carbonyl (C=O) groups is 2. The number of hydrogen-bond acceptors (Lipinski definition) is 2. The number of nitrogens with zero attached hydrogens (tertiary/aromatic N) is 3. The number of carbonyl (C=O) groups excluding carboxylic acids is 2. The first-order valence-electron chi connectivity index (χ1n) is 11.7. The lowest BCUT2D eigenvalue weighted by Crippen LogP contribution is -2.46. The predicted octanol–water partition coefficient (Wildman–Crippen LogP) is 4.62. The molecule has 0 saturated heterocycles. The van der Waals surface area contributed by atoms with Gasteiger partial charge in [-0.15, -0.1) is 0 Å². The summed E-state index contributed by atoms with van der Waals surface area (Å²) in [5.74, 6) is 0.312. The van der Waals surface area contributed by atoms with Crippen LogP contribution < -0.4 is 0 Å². The molecule has 1 aromatic carbocycles. The number of aryl methyl sites for hydroxylation is 1. The molecule has 0 bridgehead atoms. The van der Waals surface area contributed by atoms with Gasteiger partial charge in [0.1, 0.15) is 0 Å². The lowest BCUT2D eigenvalue weighted by atomic mass is 10.1. The van der Waals surface area contributed by atoms with Crippen LogP contribution in [0.25, 0.3) is 0 Å². The minimum Gasteiger partial charge on any atom is -0.345 e. The molecule has 0 aliphatic heterocycles. The van der Waals surface area contributed by atoms with Gasteiger partial charge in [0.15, 0.2) is 0 Å². The lowest BCUT2D eigenvalue weighted by Gasteiger charge is -2.30. The van der Waals surface area contributed by atoms with Crippen molar-refractivity contribution in [3.63, 3.8) is 0 Å². The molecule has 1 saturated carbocycles. The molecule has 1 aliphatic carbocycles. The van der Waals surface area contributed by atoms with Crippen LogP contribution in [0.3, 0.4) is 0 Å². The van der Waals surface area contributed by atoms with Gasteiger partial charge >= 0.3 is 0 Å². The number of amides is 2. The van der Waals surface area contributed by atoms with Gasteiger partial charge < -0.3 is 14.4 Å². The Balaban J connectivity index is 1.71. The molecule has 0 N–H and O–H groups in total. The first kappa shape index (κ1) is 23.1. The summed E-state index contributed by atoms with van der Waals surface area (Å²) in [6.07, 6.45) is 5.99. The van der Waals surface area contributed by atoms with Crippen molar-refractivity contribution < 1.29 is 9.59 Å². The molecule has 5 heteroatoms. The van der Waals surface area contributed by atoms with Gasteiger partial charge in [-0.3, -0.25) is 9.59 Å². The molecule has 0 radical (unpaired) electrons. The molecule has 2 aromatic rings. The second-order valence-electron chi connectivity index (χ2n) is 9.12. The minimum atomic E-state index is 0.0373. The van der Waals surface area contributed by atoms with Crippen molar-refractivity contribution in [2.45, 2.75) is 72.5 Å². The number of rotatable bonds is 11. The van der Waals surface area contributed by atoms with Crippen LogP contribution in [0.15, 0.2) is 42.6 Å². The summed E-state index contributed by atoms with van der Waals surface area (Å²) in [7, 11) is 0. The van der Waals surface area contributed by atoms with Gasteiger partial charge in [0.2, 0.25) is 11.8 Å². The Morgan fingerprint density at radius 2 is 1.94 bits per heavy atom. The van der Waals surface area contributed by atoms with Crippen LogP contribution in [-0.2, 0) is 22.7 Å². The van der Waals surface area contributed by atoms with Crippen LogP contribution in [0.1, 0.15) is 63.3 Å². The third-order valence-electron chi connectivity index (χ3n) is 5.98. The van der Waals surface area contributed by atoms with Gasteiger partial charge in [-0.2, -0.15) is 0 Å². The predicted molar refractivity (Wildman–Crippen MR) is 125 cm³/mol. The summed E-state index contributed by atoms with van der Waals surface area (Å²) in [4.78, 5) is 29.6. The van der Waals surface area contributed by atoms with E-state index in [0.717, 1.165) is 37.9 Å². The molecule has 5 nitrogen and oxygen atoms in total. The van der Waals surface area contributed by atoms with E-state index in [1.54, 1.807) is 4.90 Å². The fraction of sp³-hybridized carbons (Fsp3) is 0.538. The van der Waals surface area contributed by atoms with Crippen molar-refractivity contribution >= 4 is 11.8 Å². The van der Waals surface area contributed by atoms with Crippen LogP contribution >= 0.6 is 0 Å². The van der Waals surface area contributed by atoms with E-state index < -0.39 is 0 Å². The van der Waals surface area contributed by atoms with E-state index in [9.17, 15) is 9.59 Å². The van der Waals surface area contributed by atoms with E-state index >= 15 is 0 Å². The first-order chi connectivity index (χ1) is 14.9. The molecular weight excluding hydrogens is 386 g/mol. The highest BCUT2D eigenvalue weighted by Gasteiger charge is 2.35. The SMILES string of the molecule is CCCCN(Cc1cccn1Cc1cccc(C)c1)C(=O)CN(C(=O)C1CC1)C(C)C. The quantitative estimate of drug-likeness (QED) is 0.529. The first-order valence-corrected chi connectivity index (χ1v) is 11.7. The lowest BCUT2D eigenvalue weighted by molar-refractivity contribution is -0.143. The van der Waals surface area contributed by atoms with Gasteiger partial charge in [0.25, 0.3) is 0 Å². The monoisotopic (exact) mass is 423 g/mol. The third kappa shape index (κ3) is 6.46. The van der Waals surface area contributed by atoms with Crippen LogP contribution in [0.4, 0.5) is 0 Å². The van der Waals surface area contributed by atoms with Crippen LogP contribution in [0.5, 0.6) is 0 Å². The summed E-state index contributed by atoms with van der Waals surface area (Å²) in [5, 5.41) is 0. The highest BCUT2D eigenvalue weighted by molar-refractivity contribution is 5.87. The van der Waals surface area contributed by atoms with E-state index in [1.165, 1.54) is 11.1 Å². The molecule has 0 unspecified atom stereocenters. The zero-order chi connectivity index (χ0) is 22.4. The molecule has 0 spiro atoms. The zero-order valence-electron chi connectivity index (χ0n) is 19.5. The smallest absolute Gasteiger partial charge is 0.242 e.